The third kappa shape index (κ3) is 6.61. The Morgan fingerprint density at radius 3 is 2.43 bits per heavy atom. The highest BCUT2D eigenvalue weighted by molar-refractivity contribution is 5.38. The SMILES string of the molecule is CC(C)N(Cc1cc(F)cc(C#CCN)c1)CC(F)(F)F. The lowest BCUT2D eigenvalue weighted by Crippen LogP contribution is -2.38. The minimum Gasteiger partial charge on any atom is -0.320 e. The first kappa shape index (κ1) is 17.5. The smallest absolute Gasteiger partial charge is 0.320 e. The highest BCUT2D eigenvalue weighted by Crippen LogP contribution is 2.20. The largest absolute Gasteiger partial charge is 0.401 e. The molecular weight excluding hydrogens is 284 g/mol. The summed E-state index contributed by atoms with van der Waals surface area (Å²) >= 11 is 0. The molecule has 0 aliphatic heterocycles. The first-order chi connectivity index (χ1) is 9.71. The number of rotatable bonds is 4. The number of nitrogens with two attached hydrogens (primary N) is 1. The molecule has 0 atom stereocenters. The third-order valence-electron chi connectivity index (χ3n) is 2.79. The van der Waals surface area contributed by atoms with Crippen LogP contribution in [0.1, 0.15) is 25.0 Å². The van der Waals surface area contributed by atoms with E-state index in [2.05, 4.69) is 11.8 Å². The summed E-state index contributed by atoms with van der Waals surface area (Å²) < 4.78 is 51.1. The van der Waals surface area contributed by atoms with E-state index in [1.807, 2.05) is 0 Å². The minimum absolute atomic E-state index is 0.00619. The Morgan fingerprint density at radius 2 is 1.90 bits per heavy atom. The predicted octanol–water partition coefficient (Wildman–Crippen LogP) is 2.91. The second kappa shape index (κ2) is 7.43. The molecule has 116 valence electrons. The molecule has 6 heteroatoms. The van der Waals surface area contributed by atoms with Crippen molar-refractivity contribution in [2.75, 3.05) is 13.1 Å². The van der Waals surface area contributed by atoms with Crippen LogP contribution in [-0.4, -0.2) is 30.2 Å². The van der Waals surface area contributed by atoms with Gasteiger partial charge in [-0.1, -0.05) is 11.8 Å². The Morgan fingerprint density at radius 1 is 1.24 bits per heavy atom. The van der Waals surface area contributed by atoms with Crippen LogP contribution in [0.4, 0.5) is 17.6 Å². The average molecular weight is 302 g/mol. The zero-order chi connectivity index (χ0) is 16.0. The topological polar surface area (TPSA) is 29.3 Å². The number of halogens is 4. The van der Waals surface area contributed by atoms with Crippen molar-refractivity contribution in [2.45, 2.75) is 32.6 Å². The molecule has 0 heterocycles. The molecule has 2 N–H and O–H groups in total. The normalized spacial score (nSPS) is 11.7. The molecular formula is C15H18F4N2. The Bertz CT molecular complexity index is 527. The molecule has 2 nitrogen and oxygen atoms in total. The Kier molecular flexibility index (Phi) is 6.19. The number of hydrogen-bond acceptors (Lipinski definition) is 2. The van der Waals surface area contributed by atoms with E-state index in [0.717, 1.165) is 0 Å². The number of alkyl halides is 3. The van der Waals surface area contributed by atoms with Gasteiger partial charge in [-0.3, -0.25) is 4.90 Å². The summed E-state index contributed by atoms with van der Waals surface area (Å²) in [6, 6.07) is 3.72. The van der Waals surface area contributed by atoms with Gasteiger partial charge in [-0.05, 0) is 37.6 Å². The fourth-order valence-corrected chi connectivity index (χ4v) is 1.85. The van der Waals surface area contributed by atoms with E-state index in [1.165, 1.54) is 17.0 Å². The molecule has 0 saturated carbocycles. The van der Waals surface area contributed by atoms with Gasteiger partial charge in [0.1, 0.15) is 5.82 Å². The summed E-state index contributed by atoms with van der Waals surface area (Å²) in [5.41, 5.74) is 6.10. The summed E-state index contributed by atoms with van der Waals surface area (Å²) in [6.45, 7) is 2.44. The van der Waals surface area contributed by atoms with E-state index in [1.54, 1.807) is 19.9 Å². The minimum atomic E-state index is -4.29. The molecule has 0 fully saturated rings. The maximum Gasteiger partial charge on any atom is 0.401 e. The Labute approximate surface area is 121 Å². The van der Waals surface area contributed by atoms with Crippen molar-refractivity contribution in [2.24, 2.45) is 5.73 Å². The van der Waals surface area contributed by atoms with Crippen molar-refractivity contribution in [1.82, 2.24) is 4.90 Å². The Hall–Kier alpha value is -1.58. The van der Waals surface area contributed by atoms with Crippen molar-refractivity contribution in [1.29, 1.82) is 0 Å². The predicted molar refractivity (Wildman–Crippen MR) is 73.9 cm³/mol. The van der Waals surface area contributed by atoms with E-state index in [-0.39, 0.29) is 19.1 Å². The lowest BCUT2D eigenvalue weighted by molar-refractivity contribution is -0.150. The van der Waals surface area contributed by atoms with Gasteiger partial charge in [-0.2, -0.15) is 13.2 Å². The third-order valence-corrected chi connectivity index (χ3v) is 2.79. The van der Waals surface area contributed by atoms with Crippen molar-refractivity contribution in [3.05, 3.63) is 35.1 Å². The van der Waals surface area contributed by atoms with Gasteiger partial charge in [0.2, 0.25) is 0 Å². The van der Waals surface area contributed by atoms with Crippen LogP contribution in [0.3, 0.4) is 0 Å². The monoisotopic (exact) mass is 302 g/mol. The van der Waals surface area contributed by atoms with Gasteiger partial charge >= 0.3 is 6.18 Å². The van der Waals surface area contributed by atoms with Crippen LogP contribution in [0, 0.1) is 17.7 Å². The van der Waals surface area contributed by atoms with Gasteiger partial charge in [-0.15, -0.1) is 0 Å². The quantitative estimate of drug-likeness (QED) is 0.684. The highest BCUT2D eigenvalue weighted by atomic mass is 19.4. The molecule has 0 saturated heterocycles. The number of nitrogens with zero attached hydrogens (tertiary/aromatic N) is 1. The first-order valence-corrected chi connectivity index (χ1v) is 6.50. The molecule has 1 aromatic carbocycles. The van der Waals surface area contributed by atoms with Crippen LogP contribution in [0.15, 0.2) is 18.2 Å². The molecule has 0 unspecified atom stereocenters. The zero-order valence-electron chi connectivity index (χ0n) is 12.0. The van der Waals surface area contributed by atoms with Crippen LogP contribution in [0.2, 0.25) is 0 Å². The molecule has 0 aromatic heterocycles. The van der Waals surface area contributed by atoms with Crippen molar-refractivity contribution in [3.8, 4) is 11.8 Å². The summed E-state index contributed by atoms with van der Waals surface area (Å²) in [4.78, 5) is 1.23. The number of hydrogen-bond donors (Lipinski definition) is 1. The lowest BCUT2D eigenvalue weighted by atomic mass is 10.1. The van der Waals surface area contributed by atoms with E-state index in [4.69, 9.17) is 5.73 Å². The maximum atomic E-state index is 13.5. The van der Waals surface area contributed by atoms with Gasteiger partial charge < -0.3 is 5.73 Å². The second-order valence-corrected chi connectivity index (χ2v) is 4.97. The van der Waals surface area contributed by atoms with Crippen molar-refractivity contribution < 1.29 is 17.6 Å². The van der Waals surface area contributed by atoms with Gasteiger partial charge in [0.15, 0.2) is 0 Å². The molecule has 1 rings (SSSR count). The molecule has 1 aromatic rings. The molecule has 0 amide bonds. The fraction of sp³-hybridized carbons (Fsp3) is 0.467. The second-order valence-electron chi connectivity index (χ2n) is 4.97. The lowest BCUT2D eigenvalue weighted by Gasteiger charge is -2.27. The first-order valence-electron chi connectivity index (χ1n) is 6.50. The van der Waals surface area contributed by atoms with Crippen molar-refractivity contribution in [3.63, 3.8) is 0 Å². The summed E-state index contributed by atoms with van der Waals surface area (Å²) in [5, 5.41) is 0. The van der Waals surface area contributed by atoms with Gasteiger partial charge in [0.25, 0.3) is 0 Å². The molecule has 21 heavy (non-hydrogen) atoms. The van der Waals surface area contributed by atoms with Crippen LogP contribution < -0.4 is 5.73 Å². The van der Waals surface area contributed by atoms with E-state index < -0.39 is 18.5 Å². The summed E-state index contributed by atoms with van der Waals surface area (Å²) in [5.74, 6) is 4.75. The van der Waals surface area contributed by atoms with E-state index in [9.17, 15) is 17.6 Å². The van der Waals surface area contributed by atoms with E-state index in [0.29, 0.717) is 11.1 Å². The number of benzene rings is 1. The molecule has 0 aliphatic carbocycles. The zero-order valence-corrected chi connectivity index (χ0v) is 12.0. The van der Waals surface area contributed by atoms with Gasteiger partial charge in [-0.25, -0.2) is 4.39 Å². The molecule has 0 aliphatic rings. The van der Waals surface area contributed by atoms with E-state index >= 15 is 0 Å². The highest BCUT2D eigenvalue weighted by Gasteiger charge is 2.31. The molecule has 0 spiro atoms. The van der Waals surface area contributed by atoms with Crippen LogP contribution in [-0.2, 0) is 6.54 Å². The molecule has 0 bridgehead atoms. The average Bonchev–Trinajstić information content (AvgIpc) is 2.33. The summed E-state index contributed by atoms with van der Waals surface area (Å²) in [6.07, 6.45) is -4.29. The Balaban J connectivity index is 2.95. The fourth-order valence-electron chi connectivity index (χ4n) is 1.85. The van der Waals surface area contributed by atoms with Crippen LogP contribution in [0.25, 0.3) is 0 Å². The van der Waals surface area contributed by atoms with Gasteiger partial charge in [0.05, 0.1) is 13.1 Å². The van der Waals surface area contributed by atoms with Crippen LogP contribution in [0.5, 0.6) is 0 Å². The molecule has 0 radical (unpaired) electrons. The maximum absolute atomic E-state index is 13.5. The standard InChI is InChI=1S/C15H18F4N2/c1-11(2)21(10-15(17,18)19)9-13-6-12(4-3-5-20)7-14(16)8-13/h6-8,11H,5,9-10,20H2,1-2H3. The summed E-state index contributed by atoms with van der Waals surface area (Å²) in [7, 11) is 0. The van der Waals surface area contributed by atoms with Crippen LogP contribution >= 0.6 is 0 Å². The van der Waals surface area contributed by atoms with Crippen molar-refractivity contribution >= 4 is 0 Å². The van der Waals surface area contributed by atoms with Gasteiger partial charge in [0, 0.05) is 18.2 Å².